The third kappa shape index (κ3) is 3.23. The predicted molar refractivity (Wildman–Crippen MR) is 95.9 cm³/mol. The number of nitrogens with two attached hydrogens (primary N) is 1. The van der Waals surface area contributed by atoms with Gasteiger partial charge in [-0.05, 0) is 43.2 Å². The standard InChI is InChI=1S/C18H18FN7O/c19-12-3-1-9-21-16(12)18(7-2-8-18)11-22-14-4-5-15(24-23-14)26-10-6-13(25-26)17(20)27/h1,3-6,9-10H,2,7-8,11H2,(H2,20,27)(H,22,23). The molecule has 9 heteroatoms. The minimum Gasteiger partial charge on any atom is -0.368 e. The molecule has 1 fully saturated rings. The van der Waals surface area contributed by atoms with E-state index in [1.165, 1.54) is 16.8 Å². The maximum atomic E-state index is 14.2. The highest BCUT2D eigenvalue weighted by Gasteiger charge is 2.41. The summed E-state index contributed by atoms with van der Waals surface area (Å²) in [5.41, 5.74) is 5.54. The molecule has 3 aromatic heterocycles. The summed E-state index contributed by atoms with van der Waals surface area (Å²) < 4.78 is 15.6. The molecule has 0 aliphatic heterocycles. The first-order valence-electron chi connectivity index (χ1n) is 8.62. The maximum absolute atomic E-state index is 14.2. The van der Waals surface area contributed by atoms with Crippen molar-refractivity contribution in [2.24, 2.45) is 5.73 Å². The Kier molecular flexibility index (Phi) is 4.27. The Morgan fingerprint density at radius 3 is 2.70 bits per heavy atom. The van der Waals surface area contributed by atoms with E-state index < -0.39 is 5.91 Å². The molecule has 4 rings (SSSR count). The molecule has 1 aliphatic carbocycles. The molecule has 3 aromatic rings. The SMILES string of the molecule is NC(=O)c1ccn(-c2ccc(NCC3(c4ncccc4F)CCC3)nn2)n1. The first-order valence-corrected chi connectivity index (χ1v) is 8.62. The van der Waals surface area contributed by atoms with Gasteiger partial charge in [0, 0.05) is 24.4 Å². The number of aromatic nitrogens is 5. The van der Waals surface area contributed by atoms with Crippen LogP contribution in [0.3, 0.4) is 0 Å². The van der Waals surface area contributed by atoms with Crippen LogP contribution in [-0.4, -0.2) is 37.4 Å². The average Bonchev–Trinajstić information content (AvgIpc) is 3.13. The van der Waals surface area contributed by atoms with Crippen molar-refractivity contribution in [3.05, 3.63) is 59.9 Å². The second-order valence-corrected chi connectivity index (χ2v) is 6.61. The second kappa shape index (κ2) is 6.75. The molecule has 0 saturated heterocycles. The van der Waals surface area contributed by atoms with Crippen molar-refractivity contribution in [3.63, 3.8) is 0 Å². The zero-order chi connectivity index (χ0) is 18.9. The third-order valence-electron chi connectivity index (χ3n) is 4.91. The van der Waals surface area contributed by atoms with Crippen molar-refractivity contribution in [1.29, 1.82) is 0 Å². The van der Waals surface area contributed by atoms with Crippen LogP contribution in [0.5, 0.6) is 0 Å². The quantitative estimate of drug-likeness (QED) is 0.687. The molecule has 27 heavy (non-hydrogen) atoms. The molecule has 0 aromatic carbocycles. The smallest absolute Gasteiger partial charge is 0.269 e. The fourth-order valence-corrected chi connectivity index (χ4v) is 3.26. The van der Waals surface area contributed by atoms with Crippen molar-refractivity contribution in [1.82, 2.24) is 25.0 Å². The molecule has 0 radical (unpaired) electrons. The van der Waals surface area contributed by atoms with Crippen molar-refractivity contribution < 1.29 is 9.18 Å². The van der Waals surface area contributed by atoms with E-state index in [9.17, 15) is 9.18 Å². The van der Waals surface area contributed by atoms with Crippen LogP contribution in [0.15, 0.2) is 42.7 Å². The summed E-state index contributed by atoms with van der Waals surface area (Å²) in [6.45, 7) is 0.530. The number of amides is 1. The highest BCUT2D eigenvalue weighted by molar-refractivity contribution is 5.90. The fraction of sp³-hybridized carbons (Fsp3) is 0.278. The van der Waals surface area contributed by atoms with E-state index in [1.54, 1.807) is 30.6 Å². The van der Waals surface area contributed by atoms with Crippen LogP contribution in [0, 0.1) is 5.82 Å². The van der Waals surface area contributed by atoms with Crippen molar-refractivity contribution in [3.8, 4) is 5.82 Å². The van der Waals surface area contributed by atoms with Crippen molar-refractivity contribution in [2.75, 3.05) is 11.9 Å². The molecule has 0 bridgehead atoms. The molecule has 3 heterocycles. The molecular formula is C18H18FN7O. The van der Waals surface area contributed by atoms with Gasteiger partial charge in [-0.25, -0.2) is 9.07 Å². The highest BCUT2D eigenvalue weighted by Crippen LogP contribution is 2.43. The number of rotatable bonds is 6. The number of carbonyl (C=O) groups excluding carboxylic acids is 1. The van der Waals surface area contributed by atoms with E-state index in [0.29, 0.717) is 23.9 Å². The third-order valence-corrected chi connectivity index (χ3v) is 4.91. The Bertz CT molecular complexity index is 966. The zero-order valence-corrected chi connectivity index (χ0v) is 14.5. The topological polar surface area (TPSA) is 112 Å². The predicted octanol–water partition coefficient (Wildman–Crippen LogP) is 1.83. The molecule has 1 amide bonds. The van der Waals surface area contributed by atoms with Crippen LogP contribution in [0.2, 0.25) is 0 Å². The van der Waals surface area contributed by atoms with Crippen LogP contribution < -0.4 is 11.1 Å². The Balaban J connectivity index is 1.47. The van der Waals surface area contributed by atoms with Crippen molar-refractivity contribution >= 4 is 11.7 Å². The van der Waals surface area contributed by atoms with Crippen LogP contribution >= 0.6 is 0 Å². The number of primary amides is 1. The van der Waals surface area contributed by atoms with Crippen LogP contribution in [0.4, 0.5) is 10.2 Å². The number of nitrogens with zero attached hydrogens (tertiary/aromatic N) is 5. The summed E-state index contributed by atoms with van der Waals surface area (Å²) in [6, 6.07) is 8.04. The molecule has 138 valence electrons. The Morgan fingerprint density at radius 2 is 2.11 bits per heavy atom. The van der Waals surface area contributed by atoms with E-state index in [2.05, 4.69) is 25.6 Å². The number of nitrogens with one attached hydrogen (secondary N) is 1. The van der Waals surface area contributed by atoms with Gasteiger partial charge in [-0.1, -0.05) is 6.42 Å². The van der Waals surface area contributed by atoms with Gasteiger partial charge in [-0.2, -0.15) is 5.10 Å². The summed E-state index contributed by atoms with van der Waals surface area (Å²) in [5, 5.41) is 15.5. The van der Waals surface area contributed by atoms with E-state index in [4.69, 9.17) is 5.73 Å². The fourth-order valence-electron chi connectivity index (χ4n) is 3.26. The Morgan fingerprint density at radius 1 is 1.26 bits per heavy atom. The summed E-state index contributed by atoms with van der Waals surface area (Å²) in [7, 11) is 0. The lowest BCUT2D eigenvalue weighted by molar-refractivity contribution is 0.0995. The summed E-state index contributed by atoms with van der Waals surface area (Å²) in [4.78, 5) is 15.4. The number of pyridine rings is 1. The lowest BCUT2D eigenvalue weighted by atomic mass is 9.66. The maximum Gasteiger partial charge on any atom is 0.269 e. The number of hydrogen-bond acceptors (Lipinski definition) is 6. The van der Waals surface area contributed by atoms with Crippen LogP contribution in [-0.2, 0) is 5.41 Å². The first-order chi connectivity index (χ1) is 13.1. The van der Waals surface area contributed by atoms with Gasteiger partial charge in [0.1, 0.15) is 17.3 Å². The lowest BCUT2D eigenvalue weighted by Gasteiger charge is -2.41. The molecule has 0 spiro atoms. The molecule has 1 aliphatic rings. The van der Waals surface area contributed by atoms with Gasteiger partial charge in [-0.3, -0.25) is 9.78 Å². The monoisotopic (exact) mass is 367 g/mol. The molecule has 8 nitrogen and oxygen atoms in total. The molecule has 3 N–H and O–H groups in total. The van der Waals surface area contributed by atoms with Gasteiger partial charge >= 0.3 is 0 Å². The minimum absolute atomic E-state index is 0.156. The van der Waals surface area contributed by atoms with Crippen LogP contribution in [0.1, 0.15) is 35.4 Å². The van der Waals surface area contributed by atoms with Gasteiger partial charge in [0.2, 0.25) is 0 Å². The van der Waals surface area contributed by atoms with Gasteiger partial charge in [0.05, 0.1) is 5.69 Å². The first kappa shape index (κ1) is 17.1. The van der Waals surface area contributed by atoms with Gasteiger partial charge in [0.25, 0.3) is 5.91 Å². The van der Waals surface area contributed by atoms with Gasteiger partial charge < -0.3 is 11.1 Å². The lowest BCUT2D eigenvalue weighted by Crippen LogP contribution is -2.42. The van der Waals surface area contributed by atoms with E-state index in [1.807, 2.05) is 0 Å². The van der Waals surface area contributed by atoms with E-state index in [0.717, 1.165) is 19.3 Å². The number of hydrogen-bond donors (Lipinski definition) is 2. The normalized spacial score (nSPS) is 15.1. The number of halogens is 1. The Labute approximate surface area is 154 Å². The molecule has 0 unspecified atom stereocenters. The van der Waals surface area contributed by atoms with E-state index >= 15 is 0 Å². The summed E-state index contributed by atoms with van der Waals surface area (Å²) in [5.74, 6) is 0.155. The summed E-state index contributed by atoms with van der Waals surface area (Å²) in [6.07, 6.45) is 6.01. The molecular weight excluding hydrogens is 349 g/mol. The van der Waals surface area contributed by atoms with E-state index in [-0.39, 0.29) is 16.9 Å². The molecule has 0 atom stereocenters. The Hall–Kier alpha value is -3.36. The summed E-state index contributed by atoms with van der Waals surface area (Å²) >= 11 is 0. The average molecular weight is 367 g/mol. The van der Waals surface area contributed by atoms with Crippen LogP contribution in [0.25, 0.3) is 5.82 Å². The second-order valence-electron chi connectivity index (χ2n) is 6.61. The number of anilines is 1. The minimum atomic E-state index is -0.604. The zero-order valence-electron chi connectivity index (χ0n) is 14.5. The molecule has 1 saturated carbocycles. The van der Waals surface area contributed by atoms with Gasteiger partial charge in [-0.15, -0.1) is 10.2 Å². The van der Waals surface area contributed by atoms with Crippen molar-refractivity contribution in [2.45, 2.75) is 24.7 Å². The highest BCUT2D eigenvalue weighted by atomic mass is 19.1. The number of carbonyl (C=O) groups is 1. The largest absolute Gasteiger partial charge is 0.368 e. The van der Waals surface area contributed by atoms with Gasteiger partial charge in [0.15, 0.2) is 5.82 Å².